The van der Waals surface area contributed by atoms with Gasteiger partial charge >= 0.3 is 0 Å². The summed E-state index contributed by atoms with van der Waals surface area (Å²) < 4.78 is 0. The zero-order chi connectivity index (χ0) is 14.5. The first-order valence-corrected chi connectivity index (χ1v) is 10.4. The van der Waals surface area contributed by atoms with E-state index < -0.39 is 0 Å². The third kappa shape index (κ3) is 4.26. The largest absolute Gasteiger partial charge is 0.0654 e. The van der Waals surface area contributed by atoms with Crippen molar-refractivity contribution in [3.63, 3.8) is 0 Å². The Hall–Kier alpha value is 0. The smallest absolute Gasteiger partial charge is 0.0386 e. The van der Waals surface area contributed by atoms with E-state index in [9.17, 15) is 0 Å². The summed E-state index contributed by atoms with van der Waals surface area (Å²) in [6.45, 7) is 2.36. The topological polar surface area (TPSA) is 0 Å². The first kappa shape index (κ1) is 15.9. The van der Waals surface area contributed by atoms with Crippen molar-refractivity contribution < 1.29 is 0 Å². The van der Waals surface area contributed by atoms with Crippen LogP contribution in [0, 0.1) is 29.6 Å². The fraction of sp³-hybridized carbons (Fsp3) is 1.00. The van der Waals surface area contributed by atoms with E-state index in [1.807, 2.05) is 0 Å². The van der Waals surface area contributed by atoms with Gasteiger partial charge in [-0.2, -0.15) is 0 Å². The Labute approximate surface area is 133 Å². The van der Waals surface area contributed by atoms with Gasteiger partial charge < -0.3 is 0 Å². The highest BCUT2D eigenvalue weighted by Gasteiger charge is 2.33. The highest BCUT2D eigenvalue weighted by atomic mass is 14.4. The molecule has 0 N–H and O–H groups in total. The first-order chi connectivity index (χ1) is 10.4. The van der Waals surface area contributed by atoms with E-state index >= 15 is 0 Å². The maximum absolute atomic E-state index is 2.36. The first-order valence-electron chi connectivity index (χ1n) is 10.4. The highest BCUT2D eigenvalue weighted by molar-refractivity contribution is 4.84. The van der Waals surface area contributed by atoms with Crippen LogP contribution in [0.1, 0.15) is 103 Å². The average molecular weight is 291 g/mol. The maximum Gasteiger partial charge on any atom is -0.0386 e. The molecule has 0 aromatic rings. The van der Waals surface area contributed by atoms with Gasteiger partial charge in [0.25, 0.3) is 0 Å². The van der Waals surface area contributed by atoms with Crippen LogP contribution in [0.4, 0.5) is 0 Å². The Morgan fingerprint density at radius 2 is 0.952 bits per heavy atom. The van der Waals surface area contributed by atoms with Gasteiger partial charge in [0.15, 0.2) is 0 Å². The van der Waals surface area contributed by atoms with Crippen molar-refractivity contribution in [2.75, 3.05) is 0 Å². The van der Waals surface area contributed by atoms with Gasteiger partial charge in [-0.3, -0.25) is 0 Å². The summed E-state index contributed by atoms with van der Waals surface area (Å²) in [6, 6.07) is 0. The third-order valence-electron chi connectivity index (χ3n) is 7.39. The standard InChI is InChI=1S/C21H38/c1-2-6-17-9-11-19(12-10-17)21-15-13-20(14-16-21)18-7-4-3-5-8-18/h17-21H,2-16H2,1H3. The minimum absolute atomic E-state index is 1.09. The maximum atomic E-state index is 2.36. The molecule has 3 aliphatic rings. The zero-order valence-electron chi connectivity index (χ0n) is 14.5. The summed E-state index contributed by atoms with van der Waals surface area (Å²) in [7, 11) is 0. The van der Waals surface area contributed by atoms with Crippen LogP contribution in [0.15, 0.2) is 0 Å². The van der Waals surface area contributed by atoms with Crippen LogP contribution in [0.5, 0.6) is 0 Å². The van der Waals surface area contributed by atoms with Crippen molar-refractivity contribution in [2.24, 2.45) is 29.6 Å². The molecule has 3 fully saturated rings. The van der Waals surface area contributed by atoms with Gasteiger partial charge in [0.05, 0.1) is 0 Å². The van der Waals surface area contributed by atoms with E-state index in [1.165, 1.54) is 32.1 Å². The fourth-order valence-electron chi connectivity index (χ4n) is 6.05. The van der Waals surface area contributed by atoms with Gasteiger partial charge in [-0.1, -0.05) is 64.7 Å². The van der Waals surface area contributed by atoms with Crippen molar-refractivity contribution in [1.82, 2.24) is 0 Å². The summed E-state index contributed by atoms with van der Waals surface area (Å²) in [5, 5.41) is 0. The second kappa shape index (κ2) is 8.02. The lowest BCUT2D eigenvalue weighted by molar-refractivity contribution is 0.111. The second-order valence-corrected chi connectivity index (χ2v) is 8.64. The molecule has 122 valence electrons. The van der Waals surface area contributed by atoms with E-state index in [4.69, 9.17) is 0 Å². The van der Waals surface area contributed by atoms with Crippen LogP contribution >= 0.6 is 0 Å². The van der Waals surface area contributed by atoms with Crippen LogP contribution < -0.4 is 0 Å². The lowest BCUT2D eigenvalue weighted by Gasteiger charge is -2.40. The van der Waals surface area contributed by atoms with Gasteiger partial charge in [0, 0.05) is 0 Å². The lowest BCUT2D eigenvalue weighted by Crippen LogP contribution is -2.28. The van der Waals surface area contributed by atoms with E-state index in [0.717, 1.165) is 29.6 Å². The quantitative estimate of drug-likeness (QED) is 0.524. The van der Waals surface area contributed by atoms with Crippen LogP contribution in [0.25, 0.3) is 0 Å². The molecule has 0 aromatic heterocycles. The molecule has 0 heterocycles. The molecule has 3 rings (SSSR count). The summed E-state index contributed by atoms with van der Waals surface area (Å²) in [5.41, 5.74) is 0. The molecule has 3 aliphatic carbocycles. The normalized spacial score (nSPS) is 39.3. The summed E-state index contributed by atoms with van der Waals surface area (Å²) in [5.74, 6) is 5.57. The van der Waals surface area contributed by atoms with Gasteiger partial charge in [0.1, 0.15) is 0 Å². The molecule has 0 aromatic carbocycles. The average Bonchev–Trinajstić information content (AvgIpc) is 2.57. The van der Waals surface area contributed by atoms with E-state index in [2.05, 4.69) is 6.92 Å². The van der Waals surface area contributed by atoms with Crippen LogP contribution in [-0.2, 0) is 0 Å². The van der Waals surface area contributed by atoms with E-state index in [1.54, 1.807) is 64.2 Å². The van der Waals surface area contributed by atoms with Crippen molar-refractivity contribution in [3.05, 3.63) is 0 Å². The Morgan fingerprint density at radius 3 is 1.43 bits per heavy atom. The minimum Gasteiger partial charge on any atom is -0.0654 e. The number of hydrogen-bond donors (Lipinski definition) is 0. The molecule has 0 unspecified atom stereocenters. The van der Waals surface area contributed by atoms with Gasteiger partial charge in [-0.05, 0) is 68.1 Å². The zero-order valence-corrected chi connectivity index (χ0v) is 14.5. The molecule has 0 radical (unpaired) electrons. The third-order valence-corrected chi connectivity index (χ3v) is 7.39. The monoisotopic (exact) mass is 290 g/mol. The molecular weight excluding hydrogens is 252 g/mol. The Kier molecular flexibility index (Phi) is 6.07. The van der Waals surface area contributed by atoms with Gasteiger partial charge in [-0.25, -0.2) is 0 Å². The molecule has 0 nitrogen and oxygen atoms in total. The molecule has 0 amide bonds. The molecule has 0 bridgehead atoms. The summed E-state index contributed by atoms with van der Waals surface area (Å²) in [4.78, 5) is 0. The fourth-order valence-corrected chi connectivity index (χ4v) is 6.05. The van der Waals surface area contributed by atoms with E-state index in [-0.39, 0.29) is 0 Å². The second-order valence-electron chi connectivity index (χ2n) is 8.64. The van der Waals surface area contributed by atoms with Crippen LogP contribution in [0.2, 0.25) is 0 Å². The van der Waals surface area contributed by atoms with Crippen molar-refractivity contribution in [3.8, 4) is 0 Å². The molecule has 21 heavy (non-hydrogen) atoms. The van der Waals surface area contributed by atoms with Gasteiger partial charge in [0.2, 0.25) is 0 Å². The summed E-state index contributed by atoms with van der Waals surface area (Å²) in [6.07, 6.45) is 23.2. The highest BCUT2D eigenvalue weighted by Crippen LogP contribution is 2.45. The predicted molar refractivity (Wildman–Crippen MR) is 92.4 cm³/mol. The molecule has 0 saturated heterocycles. The Bertz CT molecular complexity index is 272. The molecule has 3 saturated carbocycles. The molecule has 0 atom stereocenters. The Morgan fingerprint density at radius 1 is 0.524 bits per heavy atom. The van der Waals surface area contributed by atoms with Crippen LogP contribution in [0.3, 0.4) is 0 Å². The minimum atomic E-state index is 1.09. The van der Waals surface area contributed by atoms with Crippen molar-refractivity contribution in [2.45, 2.75) is 103 Å². The lowest BCUT2D eigenvalue weighted by atomic mass is 9.65. The predicted octanol–water partition coefficient (Wildman–Crippen LogP) is 6.98. The van der Waals surface area contributed by atoms with Crippen molar-refractivity contribution >= 4 is 0 Å². The van der Waals surface area contributed by atoms with Crippen LogP contribution in [-0.4, -0.2) is 0 Å². The number of rotatable bonds is 4. The van der Waals surface area contributed by atoms with E-state index in [0.29, 0.717) is 0 Å². The number of hydrogen-bond acceptors (Lipinski definition) is 0. The molecule has 0 heteroatoms. The van der Waals surface area contributed by atoms with Gasteiger partial charge in [-0.15, -0.1) is 0 Å². The molecular formula is C21H38. The molecule has 0 spiro atoms. The SMILES string of the molecule is CCCC1CCC(C2CCC(C3CCCCC3)CC2)CC1. The van der Waals surface area contributed by atoms with Crippen molar-refractivity contribution in [1.29, 1.82) is 0 Å². The summed E-state index contributed by atoms with van der Waals surface area (Å²) >= 11 is 0. The Balaban J connectivity index is 1.39. The molecule has 0 aliphatic heterocycles.